The van der Waals surface area contributed by atoms with E-state index in [-0.39, 0.29) is 11.5 Å². The summed E-state index contributed by atoms with van der Waals surface area (Å²) in [6, 6.07) is 5.22. The van der Waals surface area contributed by atoms with Crippen LogP contribution in [0.15, 0.2) is 23.2 Å². The molecule has 0 heterocycles. The molecule has 0 bridgehead atoms. The van der Waals surface area contributed by atoms with Gasteiger partial charge in [-0.15, -0.1) is 0 Å². The van der Waals surface area contributed by atoms with Crippen LogP contribution >= 0.6 is 12.2 Å². The first-order valence-corrected chi connectivity index (χ1v) is 7.64. The van der Waals surface area contributed by atoms with Gasteiger partial charge in [-0.2, -0.15) is 4.99 Å². The summed E-state index contributed by atoms with van der Waals surface area (Å²) in [5, 5.41) is 2.20. The summed E-state index contributed by atoms with van der Waals surface area (Å²) in [7, 11) is 0. The van der Waals surface area contributed by atoms with E-state index >= 15 is 0 Å². The highest BCUT2D eigenvalue weighted by Gasteiger charge is 2.23. The van der Waals surface area contributed by atoms with Crippen molar-refractivity contribution < 1.29 is 9.13 Å². The molecule has 0 atom stereocenters. The van der Waals surface area contributed by atoms with Gasteiger partial charge < -0.3 is 4.74 Å². The van der Waals surface area contributed by atoms with E-state index in [1.54, 1.807) is 12.1 Å². The topological polar surface area (TPSA) is 21.6 Å². The van der Waals surface area contributed by atoms with Crippen LogP contribution in [-0.2, 0) is 4.74 Å². The highest BCUT2D eigenvalue weighted by molar-refractivity contribution is 7.78. The van der Waals surface area contributed by atoms with Crippen LogP contribution in [0.25, 0.3) is 0 Å². The molecule has 1 aromatic rings. The van der Waals surface area contributed by atoms with E-state index in [9.17, 15) is 4.39 Å². The van der Waals surface area contributed by atoms with Crippen molar-refractivity contribution in [2.45, 2.75) is 51.0 Å². The number of thiocarbonyl (C=S) groups is 1. The summed E-state index contributed by atoms with van der Waals surface area (Å²) >= 11 is 4.50. The van der Waals surface area contributed by atoms with Crippen LogP contribution in [0, 0.1) is 5.82 Å². The smallest absolute Gasteiger partial charge is 0.149 e. The van der Waals surface area contributed by atoms with Crippen LogP contribution in [-0.4, -0.2) is 17.9 Å². The van der Waals surface area contributed by atoms with Crippen LogP contribution in [0.4, 0.5) is 10.1 Å². The third kappa shape index (κ3) is 3.95. The van der Waals surface area contributed by atoms with Crippen LogP contribution in [0.5, 0.6) is 0 Å². The number of halogens is 1. The van der Waals surface area contributed by atoms with E-state index in [1.165, 1.54) is 0 Å². The van der Waals surface area contributed by atoms with Gasteiger partial charge in [0.1, 0.15) is 11.5 Å². The first kappa shape index (κ1) is 15.3. The van der Waals surface area contributed by atoms with Crippen LogP contribution in [0.2, 0.25) is 0 Å². The van der Waals surface area contributed by atoms with E-state index in [4.69, 9.17) is 4.74 Å². The standard InChI is InChI=1S/C16H20FNOS/c1-2-9-19-14-6-3-12(4-7-14)13-5-8-16(18-11-20)15(17)10-13/h5,8,10,12,14H,2-4,6-7,9H2,1H3. The molecule has 0 saturated heterocycles. The van der Waals surface area contributed by atoms with Crippen molar-refractivity contribution in [3.63, 3.8) is 0 Å². The molecule has 0 aliphatic heterocycles. The molecule has 0 radical (unpaired) electrons. The maximum atomic E-state index is 13.8. The third-order valence-corrected chi connectivity index (χ3v) is 3.93. The summed E-state index contributed by atoms with van der Waals surface area (Å²) in [5.74, 6) is 0.112. The van der Waals surface area contributed by atoms with E-state index in [0.717, 1.165) is 44.3 Å². The normalized spacial score (nSPS) is 22.3. The van der Waals surface area contributed by atoms with Gasteiger partial charge in [0.25, 0.3) is 0 Å². The third-order valence-electron chi connectivity index (χ3n) is 3.84. The minimum absolute atomic E-state index is 0.267. The van der Waals surface area contributed by atoms with Crippen molar-refractivity contribution >= 4 is 23.1 Å². The van der Waals surface area contributed by atoms with Gasteiger partial charge in [-0.1, -0.05) is 13.0 Å². The van der Waals surface area contributed by atoms with Gasteiger partial charge in [0, 0.05) is 6.61 Å². The molecule has 1 aliphatic rings. The highest BCUT2D eigenvalue weighted by Crippen LogP contribution is 2.35. The van der Waals surface area contributed by atoms with Crippen LogP contribution < -0.4 is 0 Å². The van der Waals surface area contributed by atoms with E-state index in [1.807, 2.05) is 6.07 Å². The maximum Gasteiger partial charge on any atom is 0.149 e. The van der Waals surface area contributed by atoms with E-state index < -0.39 is 0 Å². The Balaban J connectivity index is 1.96. The van der Waals surface area contributed by atoms with Gasteiger partial charge >= 0.3 is 0 Å². The molecule has 4 heteroatoms. The largest absolute Gasteiger partial charge is 0.378 e. The summed E-state index contributed by atoms with van der Waals surface area (Å²) in [6.07, 6.45) is 5.69. The van der Waals surface area contributed by atoms with Crippen molar-refractivity contribution in [1.29, 1.82) is 0 Å². The molecule has 1 aliphatic carbocycles. The number of hydrogen-bond donors (Lipinski definition) is 0. The zero-order valence-electron chi connectivity index (χ0n) is 11.8. The average Bonchev–Trinajstić information content (AvgIpc) is 2.48. The average molecular weight is 293 g/mol. The minimum atomic E-state index is -0.316. The van der Waals surface area contributed by atoms with Crippen molar-refractivity contribution in [1.82, 2.24) is 0 Å². The lowest BCUT2D eigenvalue weighted by molar-refractivity contribution is 0.0251. The number of benzene rings is 1. The van der Waals surface area contributed by atoms with Crippen molar-refractivity contribution in [3.8, 4) is 0 Å². The summed E-state index contributed by atoms with van der Waals surface area (Å²) in [5.41, 5.74) is 1.32. The zero-order chi connectivity index (χ0) is 14.4. The molecule has 0 amide bonds. The second-order valence-electron chi connectivity index (χ2n) is 5.26. The van der Waals surface area contributed by atoms with E-state index in [2.05, 4.69) is 29.3 Å². The van der Waals surface area contributed by atoms with E-state index in [0.29, 0.717) is 12.0 Å². The number of hydrogen-bond acceptors (Lipinski definition) is 3. The molecule has 2 rings (SSSR count). The SMILES string of the molecule is CCCOC1CCC(c2ccc(N=C=S)c(F)c2)CC1. The van der Waals surface area contributed by atoms with Crippen LogP contribution in [0.3, 0.4) is 0 Å². The van der Waals surface area contributed by atoms with Crippen molar-refractivity contribution in [2.24, 2.45) is 4.99 Å². The molecule has 0 unspecified atom stereocenters. The van der Waals surface area contributed by atoms with Crippen LogP contribution in [0.1, 0.15) is 50.5 Å². The zero-order valence-corrected chi connectivity index (χ0v) is 12.6. The van der Waals surface area contributed by atoms with Gasteiger partial charge in [0.2, 0.25) is 0 Å². The lowest BCUT2D eigenvalue weighted by Crippen LogP contribution is -2.21. The Labute approximate surface area is 125 Å². The van der Waals surface area contributed by atoms with Gasteiger partial charge in [-0.25, -0.2) is 4.39 Å². The maximum absolute atomic E-state index is 13.8. The highest BCUT2D eigenvalue weighted by atomic mass is 32.1. The quantitative estimate of drug-likeness (QED) is 0.562. The van der Waals surface area contributed by atoms with Crippen molar-refractivity contribution in [2.75, 3.05) is 6.61 Å². The molecule has 20 heavy (non-hydrogen) atoms. The Kier molecular flexibility index (Phi) is 5.84. The molecule has 1 aromatic carbocycles. The summed E-state index contributed by atoms with van der Waals surface area (Å²) < 4.78 is 19.6. The molecular formula is C16H20FNOS. The van der Waals surface area contributed by atoms with Crippen molar-refractivity contribution in [3.05, 3.63) is 29.6 Å². The Morgan fingerprint density at radius 2 is 2.10 bits per heavy atom. The summed E-state index contributed by atoms with van der Waals surface area (Å²) in [6.45, 7) is 2.97. The lowest BCUT2D eigenvalue weighted by Gasteiger charge is -2.28. The molecule has 0 aromatic heterocycles. The fourth-order valence-electron chi connectivity index (χ4n) is 2.76. The minimum Gasteiger partial charge on any atom is -0.378 e. The molecule has 1 saturated carbocycles. The lowest BCUT2D eigenvalue weighted by atomic mass is 9.82. The molecular weight excluding hydrogens is 273 g/mol. The first-order chi connectivity index (χ1) is 9.74. The van der Waals surface area contributed by atoms with Gasteiger partial charge in [0.05, 0.1) is 11.3 Å². The molecule has 0 spiro atoms. The molecule has 0 N–H and O–H groups in total. The number of nitrogens with zero attached hydrogens (tertiary/aromatic N) is 1. The second-order valence-corrected chi connectivity index (χ2v) is 5.44. The fraction of sp³-hybridized carbons (Fsp3) is 0.562. The molecule has 1 fully saturated rings. The van der Waals surface area contributed by atoms with Gasteiger partial charge in [-0.3, -0.25) is 0 Å². The fourth-order valence-corrected chi connectivity index (χ4v) is 2.86. The van der Waals surface area contributed by atoms with Gasteiger partial charge in [-0.05, 0) is 67.9 Å². The Morgan fingerprint density at radius 1 is 1.35 bits per heavy atom. The molecule has 108 valence electrons. The number of isothiocyanates is 1. The van der Waals surface area contributed by atoms with Gasteiger partial charge in [0.15, 0.2) is 0 Å². The predicted molar refractivity (Wildman–Crippen MR) is 82.3 cm³/mol. The second kappa shape index (κ2) is 7.63. The number of ether oxygens (including phenoxy) is 1. The Hall–Kier alpha value is -1.09. The monoisotopic (exact) mass is 293 g/mol. The Bertz CT molecular complexity index is 491. The molecule has 2 nitrogen and oxygen atoms in total. The Morgan fingerprint density at radius 3 is 2.70 bits per heavy atom. The summed E-state index contributed by atoms with van der Waals surface area (Å²) in [4.78, 5) is 3.71. The number of aliphatic imine (C=N–C) groups is 1. The predicted octanol–water partition coefficient (Wildman–Crippen LogP) is 5.01. The first-order valence-electron chi connectivity index (χ1n) is 7.23. The number of rotatable bonds is 5.